The molecule has 0 radical (unpaired) electrons. The van der Waals surface area contributed by atoms with Crippen molar-refractivity contribution < 1.29 is 0 Å². The third-order valence-electron chi connectivity index (χ3n) is 3.99. The lowest BCUT2D eigenvalue weighted by Crippen LogP contribution is -2.29. The van der Waals surface area contributed by atoms with E-state index in [0.29, 0.717) is 6.04 Å². The van der Waals surface area contributed by atoms with E-state index in [9.17, 15) is 0 Å². The summed E-state index contributed by atoms with van der Waals surface area (Å²) < 4.78 is 0. The highest BCUT2D eigenvalue weighted by Gasteiger charge is 2.11. The Bertz CT molecular complexity index is 367. The number of rotatable bonds is 3. The van der Waals surface area contributed by atoms with Crippen LogP contribution in [0.15, 0.2) is 18.2 Å². The summed E-state index contributed by atoms with van der Waals surface area (Å²) in [6, 6.07) is 6.90. The Morgan fingerprint density at radius 3 is 2.44 bits per heavy atom. The molecule has 1 aliphatic rings. The number of hydrogen-bond donors (Lipinski definition) is 1. The number of nitrogens with one attached hydrogen (secondary N) is 1. The zero-order valence-electron chi connectivity index (χ0n) is 11.3. The largest absolute Gasteiger partial charge is 0.310 e. The second-order valence-electron chi connectivity index (χ2n) is 5.49. The van der Waals surface area contributed by atoms with Crippen LogP contribution in [0.2, 0.25) is 5.02 Å². The van der Waals surface area contributed by atoms with Gasteiger partial charge in [-0.3, -0.25) is 0 Å². The van der Waals surface area contributed by atoms with Crippen LogP contribution in [0, 0.1) is 6.92 Å². The molecule has 0 spiro atoms. The number of aryl methyl sites for hydroxylation is 1. The maximum atomic E-state index is 5.99. The zero-order valence-corrected chi connectivity index (χ0v) is 12.1. The lowest BCUT2D eigenvalue weighted by atomic mass is 9.96. The quantitative estimate of drug-likeness (QED) is 0.824. The molecule has 0 amide bonds. The molecule has 1 nitrogen and oxygen atoms in total. The van der Waals surface area contributed by atoms with E-state index in [1.54, 1.807) is 0 Å². The van der Waals surface area contributed by atoms with E-state index in [1.807, 2.05) is 6.07 Å². The normalized spacial score (nSPS) is 18.3. The minimum absolute atomic E-state index is 0.709. The highest BCUT2D eigenvalue weighted by Crippen LogP contribution is 2.19. The predicted molar refractivity (Wildman–Crippen MR) is 79.1 cm³/mol. The monoisotopic (exact) mass is 265 g/mol. The lowest BCUT2D eigenvalue weighted by molar-refractivity contribution is 0.389. The summed E-state index contributed by atoms with van der Waals surface area (Å²) in [6.07, 6.45) is 9.72. The van der Waals surface area contributed by atoms with Gasteiger partial charge in [-0.2, -0.15) is 0 Å². The third kappa shape index (κ3) is 4.29. The minimum atomic E-state index is 0.709. The molecule has 0 heterocycles. The molecule has 0 unspecified atom stereocenters. The van der Waals surface area contributed by atoms with Crippen LogP contribution in [0.5, 0.6) is 0 Å². The summed E-state index contributed by atoms with van der Waals surface area (Å²) in [6.45, 7) is 3.12. The summed E-state index contributed by atoms with van der Waals surface area (Å²) in [5.41, 5.74) is 2.67. The molecular weight excluding hydrogens is 242 g/mol. The van der Waals surface area contributed by atoms with Crippen molar-refractivity contribution in [2.45, 2.75) is 64.5 Å². The Balaban J connectivity index is 1.85. The van der Waals surface area contributed by atoms with Crippen LogP contribution in [-0.2, 0) is 6.54 Å². The molecule has 1 aromatic carbocycles. The van der Waals surface area contributed by atoms with Crippen molar-refractivity contribution in [2.75, 3.05) is 0 Å². The first-order chi connectivity index (χ1) is 8.75. The summed E-state index contributed by atoms with van der Waals surface area (Å²) in [5, 5.41) is 4.56. The summed E-state index contributed by atoms with van der Waals surface area (Å²) in [5.74, 6) is 0. The van der Waals surface area contributed by atoms with Gasteiger partial charge in [-0.25, -0.2) is 0 Å². The minimum Gasteiger partial charge on any atom is -0.310 e. The molecule has 0 aliphatic heterocycles. The molecule has 100 valence electrons. The van der Waals surface area contributed by atoms with Crippen LogP contribution in [0.1, 0.15) is 56.1 Å². The van der Waals surface area contributed by atoms with E-state index in [1.165, 1.54) is 56.1 Å². The Kier molecular flexibility index (Phi) is 5.52. The molecule has 0 bridgehead atoms. The SMILES string of the molecule is Cc1cc(Cl)ccc1CNC1CCCCCCC1. The number of halogens is 1. The van der Waals surface area contributed by atoms with E-state index >= 15 is 0 Å². The van der Waals surface area contributed by atoms with Gasteiger partial charge in [-0.1, -0.05) is 49.8 Å². The number of hydrogen-bond acceptors (Lipinski definition) is 1. The average molecular weight is 266 g/mol. The van der Waals surface area contributed by atoms with Gasteiger partial charge in [0.15, 0.2) is 0 Å². The van der Waals surface area contributed by atoms with E-state index in [0.717, 1.165) is 11.6 Å². The first-order valence-corrected chi connectivity index (χ1v) is 7.62. The molecular formula is C16H24ClN. The van der Waals surface area contributed by atoms with E-state index in [4.69, 9.17) is 11.6 Å². The van der Waals surface area contributed by atoms with E-state index in [-0.39, 0.29) is 0 Å². The third-order valence-corrected chi connectivity index (χ3v) is 4.23. The Morgan fingerprint density at radius 2 is 1.78 bits per heavy atom. The van der Waals surface area contributed by atoms with Crippen molar-refractivity contribution in [3.8, 4) is 0 Å². The fraction of sp³-hybridized carbons (Fsp3) is 0.625. The zero-order chi connectivity index (χ0) is 12.8. The molecule has 2 heteroatoms. The molecule has 1 fully saturated rings. The first kappa shape index (κ1) is 13.9. The Morgan fingerprint density at radius 1 is 1.11 bits per heavy atom. The van der Waals surface area contributed by atoms with Crippen molar-refractivity contribution in [1.29, 1.82) is 0 Å². The summed E-state index contributed by atoms with van der Waals surface area (Å²) in [4.78, 5) is 0. The average Bonchev–Trinajstić information content (AvgIpc) is 2.29. The highest BCUT2D eigenvalue weighted by molar-refractivity contribution is 6.30. The molecule has 1 aromatic rings. The maximum Gasteiger partial charge on any atom is 0.0408 e. The van der Waals surface area contributed by atoms with Gasteiger partial charge in [0.2, 0.25) is 0 Å². The first-order valence-electron chi connectivity index (χ1n) is 7.24. The Hall–Kier alpha value is -0.530. The predicted octanol–water partition coefficient (Wildman–Crippen LogP) is 4.85. The van der Waals surface area contributed by atoms with Crippen molar-refractivity contribution in [2.24, 2.45) is 0 Å². The van der Waals surface area contributed by atoms with Crippen molar-refractivity contribution >= 4 is 11.6 Å². The van der Waals surface area contributed by atoms with Crippen LogP contribution in [0.25, 0.3) is 0 Å². The van der Waals surface area contributed by atoms with Gasteiger partial charge in [-0.15, -0.1) is 0 Å². The molecule has 18 heavy (non-hydrogen) atoms. The van der Waals surface area contributed by atoms with Crippen LogP contribution in [-0.4, -0.2) is 6.04 Å². The lowest BCUT2D eigenvalue weighted by Gasteiger charge is -2.21. The van der Waals surface area contributed by atoms with Crippen LogP contribution in [0.4, 0.5) is 0 Å². The second-order valence-corrected chi connectivity index (χ2v) is 5.93. The van der Waals surface area contributed by atoms with Gasteiger partial charge in [0.1, 0.15) is 0 Å². The van der Waals surface area contributed by atoms with Gasteiger partial charge in [0.05, 0.1) is 0 Å². The van der Waals surface area contributed by atoms with Gasteiger partial charge >= 0.3 is 0 Å². The van der Waals surface area contributed by atoms with E-state index < -0.39 is 0 Å². The highest BCUT2D eigenvalue weighted by atomic mass is 35.5. The smallest absolute Gasteiger partial charge is 0.0408 e. The van der Waals surface area contributed by atoms with Gasteiger partial charge in [0.25, 0.3) is 0 Å². The van der Waals surface area contributed by atoms with E-state index in [2.05, 4.69) is 24.4 Å². The second kappa shape index (κ2) is 7.16. The molecule has 0 atom stereocenters. The summed E-state index contributed by atoms with van der Waals surface area (Å²) in [7, 11) is 0. The topological polar surface area (TPSA) is 12.0 Å². The fourth-order valence-corrected chi connectivity index (χ4v) is 3.00. The molecule has 1 aliphatic carbocycles. The van der Waals surface area contributed by atoms with Gasteiger partial charge in [-0.05, 0) is 43.0 Å². The standard InChI is InChI=1S/C16H24ClN/c1-13-11-15(17)10-9-14(13)12-18-16-7-5-3-2-4-6-8-16/h9-11,16,18H,2-8,12H2,1H3. The number of benzene rings is 1. The van der Waals surface area contributed by atoms with Crippen molar-refractivity contribution in [3.63, 3.8) is 0 Å². The molecule has 2 rings (SSSR count). The summed E-state index contributed by atoms with van der Waals surface area (Å²) >= 11 is 5.99. The molecule has 0 saturated heterocycles. The Labute approximate surface area is 116 Å². The molecule has 1 saturated carbocycles. The van der Waals surface area contributed by atoms with Crippen molar-refractivity contribution in [3.05, 3.63) is 34.3 Å². The van der Waals surface area contributed by atoms with Crippen LogP contribution >= 0.6 is 11.6 Å². The van der Waals surface area contributed by atoms with Crippen LogP contribution < -0.4 is 5.32 Å². The molecule has 1 N–H and O–H groups in total. The van der Waals surface area contributed by atoms with Gasteiger partial charge in [0, 0.05) is 17.6 Å². The van der Waals surface area contributed by atoms with Crippen LogP contribution in [0.3, 0.4) is 0 Å². The van der Waals surface area contributed by atoms with Crippen molar-refractivity contribution in [1.82, 2.24) is 5.32 Å². The molecule has 0 aromatic heterocycles. The maximum absolute atomic E-state index is 5.99. The van der Waals surface area contributed by atoms with Gasteiger partial charge < -0.3 is 5.32 Å². The fourth-order valence-electron chi connectivity index (χ4n) is 2.77.